The lowest BCUT2D eigenvalue weighted by Crippen LogP contribution is -1.95. The minimum atomic E-state index is -0.318. The predicted molar refractivity (Wildman–Crippen MR) is 93.4 cm³/mol. The van der Waals surface area contributed by atoms with Crippen LogP contribution >= 0.6 is 11.8 Å². The molecule has 6 nitrogen and oxygen atoms in total. The van der Waals surface area contributed by atoms with Gasteiger partial charge in [0.1, 0.15) is 22.9 Å². The Bertz CT molecular complexity index is 1050. The molecule has 4 aromatic rings. The number of hydrogen-bond donors (Lipinski definition) is 0. The first-order valence-electron chi connectivity index (χ1n) is 7.77. The molecule has 0 amide bonds. The molecule has 0 atom stereocenters. The Kier molecular flexibility index (Phi) is 4.49. The van der Waals surface area contributed by atoms with Crippen LogP contribution in [0.4, 0.5) is 4.39 Å². The second-order valence-corrected chi connectivity index (χ2v) is 6.45. The van der Waals surface area contributed by atoms with Crippen molar-refractivity contribution in [3.8, 4) is 5.75 Å². The number of rotatable bonds is 5. The average Bonchev–Trinajstić information content (AvgIpc) is 3.09. The van der Waals surface area contributed by atoms with E-state index in [0.717, 1.165) is 21.5 Å². The molecule has 8 heteroatoms. The van der Waals surface area contributed by atoms with Crippen LogP contribution in [0, 0.1) is 12.7 Å². The standard InChI is InChI=1S/C18H13FN4O2S/c1-11-2-7-15-14(8-11)17(21-10-20-15)26-18-23-22-16(25-18)9-24-13-5-3-12(19)4-6-13/h2-8,10H,9H2,1H3. The molecular weight excluding hydrogens is 355 g/mol. The SMILES string of the molecule is Cc1ccc2ncnc(Sc3nnc(COc4ccc(F)cc4)o3)c2c1. The Hall–Kier alpha value is -3.00. The molecule has 0 radical (unpaired) electrons. The van der Waals surface area contributed by atoms with Gasteiger partial charge in [0.15, 0.2) is 6.61 Å². The lowest BCUT2D eigenvalue weighted by atomic mass is 10.2. The lowest BCUT2D eigenvalue weighted by Gasteiger charge is -2.03. The summed E-state index contributed by atoms with van der Waals surface area (Å²) in [7, 11) is 0. The summed E-state index contributed by atoms with van der Waals surface area (Å²) in [5, 5.41) is 10.0. The number of halogens is 1. The van der Waals surface area contributed by atoms with E-state index in [9.17, 15) is 4.39 Å². The molecule has 2 aromatic heterocycles. The van der Waals surface area contributed by atoms with Crippen LogP contribution in [0.1, 0.15) is 11.5 Å². The van der Waals surface area contributed by atoms with Crippen LogP contribution in [-0.2, 0) is 6.61 Å². The highest BCUT2D eigenvalue weighted by Gasteiger charge is 2.12. The molecule has 130 valence electrons. The lowest BCUT2D eigenvalue weighted by molar-refractivity contribution is 0.252. The molecule has 0 aliphatic heterocycles. The van der Waals surface area contributed by atoms with E-state index in [4.69, 9.17) is 9.15 Å². The highest BCUT2D eigenvalue weighted by molar-refractivity contribution is 7.99. The van der Waals surface area contributed by atoms with Crippen LogP contribution in [0.2, 0.25) is 0 Å². The van der Waals surface area contributed by atoms with E-state index in [1.165, 1.54) is 42.4 Å². The van der Waals surface area contributed by atoms with E-state index < -0.39 is 0 Å². The Morgan fingerprint density at radius 2 is 1.92 bits per heavy atom. The van der Waals surface area contributed by atoms with Gasteiger partial charge in [-0.15, -0.1) is 10.2 Å². The molecule has 2 aromatic carbocycles. The highest BCUT2D eigenvalue weighted by Crippen LogP contribution is 2.30. The Balaban J connectivity index is 1.48. The van der Waals surface area contributed by atoms with Crippen molar-refractivity contribution in [1.29, 1.82) is 0 Å². The molecular formula is C18H13FN4O2S. The third kappa shape index (κ3) is 3.65. The Morgan fingerprint density at radius 3 is 2.77 bits per heavy atom. The summed E-state index contributed by atoms with van der Waals surface area (Å²) in [5.41, 5.74) is 1.97. The van der Waals surface area contributed by atoms with Crippen LogP contribution in [-0.4, -0.2) is 20.2 Å². The van der Waals surface area contributed by atoms with Crippen molar-refractivity contribution in [3.63, 3.8) is 0 Å². The number of ether oxygens (including phenoxy) is 1. The molecule has 0 saturated heterocycles. The van der Waals surface area contributed by atoms with E-state index in [0.29, 0.717) is 16.9 Å². The molecule has 0 unspecified atom stereocenters. The summed E-state index contributed by atoms with van der Waals surface area (Å²) in [5.74, 6) is 0.531. The van der Waals surface area contributed by atoms with Crippen molar-refractivity contribution < 1.29 is 13.5 Å². The molecule has 0 aliphatic carbocycles. The highest BCUT2D eigenvalue weighted by atomic mass is 32.2. The molecule has 0 spiro atoms. The van der Waals surface area contributed by atoms with Gasteiger partial charge in [0, 0.05) is 5.39 Å². The zero-order chi connectivity index (χ0) is 17.9. The molecule has 26 heavy (non-hydrogen) atoms. The largest absolute Gasteiger partial charge is 0.484 e. The minimum Gasteiger partial charge on any atom is -0.484 e. The monoisotopic (exact) mass is 368 g/mol. The van der Waals surface area contributed by atoms with Crippen molar-refractivity contribution >= 4 is 22.7 Å². The first-order valence-corrected chi connectivity index (χ1v) is 8.59. The van der Waals surface area contributed by atoms with Crippen LogP contribution < -0.4 is 4.74 Å². The Morgan fingerprint density at radius 1 is 1.08 bits per heavy atom. The summed E-state index contributed by atoms with van der Waals surface area (Å²) >= 11 is 1.27. The van der Waals surface area contributed by atoms with Crippen molar-refractivity contribution in [2.75, 3.05) is 0 Å². The van der Waals surface area contributed by atoms with Crippen LogP contribution in [0.3, 0.4) is 0 Å². The fraction of sp³-hybridized carbons (Fsp3) is 0.111. The van der Waals surface area contributed by atoms with E-state index in [1.54, 1.807) is 0 Å². The smallest absolute Gasteiger partial charge is 0.283 e. The van der Waals surface area contributed by atoms with Crippen LogP contribution in [0.25, 0.3) is 10.9 Å². The second-order valence-electron chi connectivity index (χ2n) is 5.51. The number of hydrogen-bond acceptors (Lipinski definition) is 7. The van der Waals surface area contributed by atoms with Crippen molar-refractivity contribution in [2.45, 2.75) is 23.8 Å². The third-order valence-electron chi connectivity index (χ3n) is 3.56. The summed E-state index contributed by atoms with van der Waals surface area (Å²) in [4.78, 5) is 8.57. The van der Waals surface area contributed by atoms with Gasteiger partial charge in [-0.3, -0.25) is 0 Å². The maximum atomic E-state index is 12.9. The van der Waals surface area contributed by atoms with Gasteiger partial charge in [-0.2, -0.15) is 0 Å². The van der Waals surface area contributed by atoms with Gasteiger partial charge in [0.05, 0.1) is 5.52 Å². The number of aromatic nitrogens is 4. The molecule has 2 heterocycles. The fourth-order valence-electron chi connectivity index (χ4n) is 2.32. The van der Waals surface area contributed by atoms with Gasteiger partial charge in [-0.1, -0.05) is 11.6 Å². The topological polar surface area (TPSA) is 73.9 Å². The van der Waals surface area contributed by atoms with E-state index in [1.807, 2.05) is 25.1 Å². The summed E-state index contributed by atoms with van der Waals surface area (Å²) < 4.78 is 24.0. The zero-order valence-corrected chi connectivity index (χ0v) is 14.5. The van der Waals surface area contributed by atoms with Gasteiger partial charge in [0.2, 0.25) is 0 Å². The van der Waals surface area contributed by atoms with Gasteiger partial charge < -0.3 is 9.15 Å². The summed E-state index contributed by atoms with van der Waals surface area (Å²) in [6.07, 6.45) is 1.51. The van der Waals surface area contributed by atoms with E-state index in [-0.39, 0.29) is 12.4 Å². The maximum absolute atomic E-state index is 12.9. The predicted octanol–water partition coefficient (Wildman–Crippen LogP) is 4.19. The van der Waals surface area contributed by atoms with Crippen molar-refractivity contribution in [2.24, 2.45) is 0 Å². The van der Waals surface area contributed by atoms with Crippen molar-refractivity contribution in [3.05, 3.63) is 66.1 Å². The van der Waals surface area contributed by atoms with Gasteiger partial charge >= 0.3 is 0 Å². The van der Waals surface area contributed by atoms with Crippen molar-refractivity contribution in [1.82, 2.24) is 20.2 Å². The van der Waals surface area contributed by atoms with Gasteiger partial charge in [-0.25, -0.2) is 14.4 Å². The average molecular weight is 368 g/mol. The third-order valence-corrected chi connectivity index (χ3v) is 4.42. The van der Waals surface area contributed by atoms with E-state index >= 15 is 0 Å². The summed E-state index contributed by atoms with van der Waals surface area (Å²) in [6, 6.07) is 11.7. The van der Waals surface area contributed by atoms with Gasteiger partial charge in [0.25, 0.3) is 11.1 Å². The zero-order valence-electron chi connectivity index (χ0n) is 13.7. The molecule has 0 bridgehead atoms. The van der Waals surface area contributed by atoms with Gasteiger partial charge in [-0.05, 0) is 55.1 Å². The second kappa shape index (κ2) is 7.09. The molecule has 0 aliphatic rings. The molecule has 0 N–H and O–H groups in total. The molecule has 0 fully saturated rings. The fourth-order valence-corrected chi connectivity index (χ4v) is 3.08. The minimum absolute atomic E-state index is 0.100. The normalized spacial score (nSPS) is 11.0. The Labute approximate surface area is 152 Å². The van der Waals surface area contributed by atoms with Crippen LogP contribution in [0.5, 0.6) is 5.75 Å². The molecule has 0 saturated carbocycles. The number of fused-ring (bicyclic) bond motifs is 1. The number of benzene rings is 2. The first kappa shape index (κ1) is 16.5. The van der Waals surface area contributed by atoms with E-state index in [2.05, 4.69) is 20.2 Å². The number of nitrogens with zero attached hydrogens (tertiary/aromatic N) is 4. The first-order chi connectivity index (χ1) is 12.7. The molecule has 4 rings (SSSR count). The maximum Gasteiger partial charge on any atom is 0.283 e. The quantitative estimate of drug-likeness (QED) is 0.489. The summed E-state index contributed by atoms with van der Waals surface area (Å²) in [6.45, 7) is 2.11. The van der Waals surface area contributed by atoms with Crippen LogP contribution in [0.15, 0.2) is 63.5 Å². The number of aryl methyl sites for hydroxylation is 1.